The van der Waals surface area contributed by atoms with Crippen molar-refractivity contribution in [2.45, 2.75) is 18.9 Å². The van der Waals surface area contributed by atoms with Crippen LogP contribution < -0.4 is 4.74 Å². The zero-order chi connectivity index (χ0) is 20.6. The normalized spacial score (nSPS) is 16.1. The first kappa shape index (κ1) is 20.3. The van der Waals surface area contributed by atoms with E-state index in [1.165, 1.54) is 6.07 Å². The quantitative estimate of drug-likeness (QED) is 0.713. The van der Waals surface area contributed by atoms with Gasteiger partial charge in [-0.2, -0.15) is 5.26 Å². The summed E-state index contributed by atoms with van der Waals surface area (Å²) >= 11 is 0. The van der Waals surface area contributed by atoms with Crippen LogP contribution in [-0.4, -0.2) is 59.6 Å². The van der Waals surface area contributed by atoms with Crippen molar-refractivity contribution >= 4 is 12.2 Å². The highest BCUT2D eigenvalue weighted by Crippen LogP contribution is 2.26. The number of rotatable bonds is 7. The van der Waals surface area contributed by atoms with Gasteiger partial charge in [0.2, 0.25) is 0 Å². The predicted octanol–water partition coefficient (Wildman–Crippen LogP) is 1.98. The Balaban J connectivity index is 1.77. The molecule has 1 saturated heterocycles. The van der Waals surface area contributed by atoms with E-state index in [0.29, 0.717) is 37.1 Å². The molecule has 0 unspecified atom stereocenters. The van der Waals surface area contributed by atoms with Gasteiger partial charge >= 0.3 is 0 Å². The number of aryl methyl sites for hydroxylation is 1. The van der Waals surface area contributed by atoms with Gasteiger partial charge in [-0.3, -0.25) is 14.6 Å². The van der Waals surface area contributed by atoms with Crippen LogP contribution in [0.1, 0.15) is 32.8 Å². The van der Waals surface area contributed by atoms with Crippen molar-refractivity contribution in [2.24, 2.45) is 0 Å². The van der Waals surface area contributed by atoms with Crippen LogP contribution in [0.25, 0.3) is 0 Å². The van der Waals surface area contributed by atoms with Gasteiger partial charge < -0.3 is 19.5 Å². The molecular formula is C21H21N3O5. The fourth-order valence-corrected chi connectivity index (χ4v) is 3.18. The van der Waals surface area contributed by atoms with Crippen molar-refractivity contribution in [3.05, 3.63) is 53.3 Å². The monoisotopic (exact) mass is 395 g/mol. The van der Waals surface area contributed by atoms with Crippen LogP contribution >= 0.6 is 0 Å². The highest BCUT2D eigenvalue weighted by atomic mass is 16.5. The molecule has 1 aromatic heterocycles. The Hall–Kier alpha value is -3.44. The Morgan fingerprint density at radius 2 is 2.28 bits per heavy atom. The summed E-state index contributed by atoms with van der Waals surface area (Å²) in [6.07, 6.45) is 2.81. The maximum Gasteiger partial charge on any atom is 0.256 e. The molecule has 0 aliphatic carbocycles. The minimum absolute atomic E-state index is 0.0631. The molecule has 2 heterocycles. The van der Waals surface area contributed by atoms with E-state index in [-0.39, 0.29) is 48.6 Å². The third-order valence-corrected chi connectivity index (χ3v) is 4.67. The minimum Gasteiger partial charge on any atom is -0.507 e. The summed E-state index contributed by atoms with van der Waals surface area (Å²) < 4.78 is 11.2. The number of aldehydes is 1. The Morgan fingerprint density at radius 3 is 3.07 bits per heavy atom. The molecule has 8 heteroatoms. The molecular weight excluding hydrogens is 374 g/mol. The summed E-state index contributed by atoms with van der Waals surface area (Å²) in [6.45, 7) is 1.18. The van der Waals surface area contributed by atoms with Gasteiger partial charge in [-0.05, 0) is 24.3 Å². The van der Waals surface area contributed by atoms with Crippen molar-refractivity contribution in [2.75, 3.05) is 26.4 Å². The van der Waals surface area contributed by atoms with E-state index in [1.807, 2.05) is 0 Å². The number of aromatic hydroxyl groups is 1. The second kappa shape index (κ2) is 9.66. The number of morpholine rings is 1. The summed E-state index contributed by atoms with van der Waals surface area (Å²) in [4.78, 5) is 30.3. The average molecular weight is 395 g/mol. The number of ether oxygens (including phenoxy) is 2. The molecule has 1 atom stereocenters. The van der Waals surface area contributed by atoms with Crippen molar-refractivity contribution in [3.63, 3.8) is 0 Å². The van der Waals surface area contributed by atoms with Gasteiger partial charge in [-0.25, -0.2) is 0 Å². The first-order valence-corrected chi connectivity index (χ1v) is 9.25. The minimum atomic E-state index is -0.373. The van der Waals surface area contributed by atoms with Crippen molar-refractivity contribution in [1.29, 1.82) is 5.26 Å². The molecule has 1 amide bonds. The number of phenols is 1. The number of benzene rings is 1. The highest BCUT2D eigenvalue weighted by molar-refractivity contribution is 5.95. The second-order valence-electron chi connectivity index (χ2n) is 6.50. The molecule has 1 aliphatic rings. The number of pyridine rings is 1. The molecule has 0 bridgehead atoms. The first-order valence-electron chi connectivity index (χ1n) is 9.25. The van der Waals surface area contributed by atoms with Gasteiger partial charge in [0.25, 0.3) is 5.91 Å². The van der Waals surface area contributed by atoms with Gasteiger partial charge in [0.1, 0.15) is 18.1 Å². The molecule has 1 fully saturated rings. The van der Waals surface area contributed by atoms with Gasteiger partial charge in [0.15, 0.2) is 6.29 Å². The van der Waals surface area contributed by atoms with Crippen molar-refractivity contribution in [3.8, 4) is 17.6 Å². The first-order chi connectivity index (χ1) is 14.2. The maximum absolute atomic E-state index is 13.2. The molecule has 1 aromatic carbocycles. The Morgan fingerprint density at radius 1 is 1.41 bits per heavy atom. The fourth-order valence-electron chi connectivity index (χ4n) is 3.18. The van der Waals surface area contributed by atoms with Gasteiger partial charge in [0, 0.05) is 25.6 Å². The molecule has 150 valence electrons. The zero-order valence-electron chi connectivity index (χ0n) is 15.8. The van der Waals surface area contributed by atoms with Crippen LogP contribution in [0.2, 0.25) is 0 Å². The van der Waals surface area contributed by atoms with E-state index in [1.54, 1.807) is 35.4 Å². The molecule has 0 spiro atoms. The molecule has 8 nitrogen and oxygen atoms in total. The second-order valence-corrected chi connectivity index (χ2v) is 6.50. The van der Waals surface area contributed by atoms with Crippen LogP contribution in [0.5, 0.6) is 11.5 Å². The van der Waals surface area contributed by atoms with Crippen molar-refractivity contribution < 1.29 is 24.2 Å². The fraction of sp³-hybridized carbons (Fsp3) is 0.333. The standard InChI is InChI=1S/C21H21N3O5/c22-8-2-5-18-16(4-3-9-23-18)21(27)24-10-11-28-13-15(24)14-29-20-7-1-6-19(26)17(20)12-25/h1,3-4,6-7,9,12,15,26H,2,5,10-11,13-14H2/t15-/m0/s1. The van der Waals surface area contributed by atoms with Gasteiger partial charge in [0.05, 0.1) is 42.1 Å². The maximum atomic E-state index is 13.2. The Kier molecular flexibility index (Phi) is 6.76. The van der Waals surface area contributed by atoms with Crippen LogP contribution in [-0.2, 0) is 11.2 Å². The lowest BCUT2D eigenvalue weighted by Crippen LogP contribution is -2.51. The van der Waals surface area contributed by atoms with Crippen LogP contribution in [0, 0.1) is 11.3 Å². The predicted molar refractivity (Wildman–Crippen MR) is 103 cm³/mol. The lowest BCUT2D eigenvalue weighted by Gasteiger charge is -2.35. The van der Waals surface area contributed by atoms with Crippen LogP contribution in [0.15, 0.2) is 36.5 Å². The largest absolute Gasteiger partial charge is 0.507 e. The lowest BCUT2D eigenvalue weighted by atomic mass is 10.1. The van der Waals surface area contributed by atoms with E-state index >= 15 is 0 Å². The van der Waals surface area contributed by atoms with E-state index in [9.17, 15) is 14.7 Å². The number of carbonyl (C=O) groups is 2. The van der Waals surface area contributed by atoms with Crippen molar-refractivity contribution in [1.82, 2.24) is 9.88 Å². The number of phenolic OH excluding ortho intramolecular Hbond substituents is 1. The molecule has 29 heavy (non-hydrogen) atoms. The molecule has 1 N–H and O–H groups in total. The molecule has 3 rings (SSSR count). The van der Waals surface area contributed by atoms with Gasteiger partial charge in [-0.15, -0.1) is 0 Å². The highest BCUT2D eigenvalue weighted by Gasteiger charge is 2.30. The van der Waals surface area contributed by atoms with Gasteiger partial charge in [-0.1, -0.05) is 6.07 Å². The lowest BCUT2D eigenvalue weighted by molar-refractivity contribution is -0.0152. The Labute approximate surface area is 168 Å². The topological polar surface area (TPSA) is 113 Å². The van der Waals surface area contributed by atoms with E-state index in [0.717, 1.165) is 0 Å². The summed E-state index contributed by atoms with van der Waals surface area (Å²) in [6, 6.07) is 9.66. The summed E-state index contributed by atoms with van der Waals surface area (Å²) in [7, 11) is 0. The summed E-state index contributed by atoms with van der Waals surface area (Å²) in [5.41, 5.74) is 1.11. The van der Waals surface area contributed by atoms with E-state index in [2.05, 4.69) is 11.1 Å². The Bertz CT molecular complexity index is 925. The summed E-state index contributed by atoms with van der Waals surface area (Å²) in [5.74, 6) is -0.119. The number of hydrogen-bond acceptors (Lipinski definition) is 7. The smallest absolute Gasteiger partial charge is 0.256 e. The van der Waals surface area contributed by atoms with Crippen LogP contribution in [0.3, 0.4) is 0 Å². The number of amides is 1. The van der Waals surface area contributed by atoms with Crippen LogP contribution in [0.4, 0.5) is 0 Å². The number of carbonyl (C=O) groups excluding carboxylic acids is 2. The SMILES string of the molecule is N#CCCc1ncccc1C(=O)N1CCOC[C@H]1COc1cccc(O)c1C=O. The summed E-state index contributed by atoms with van der Waals surface area (Å²) in [5, 5.41) is 18.6. The van der Waals surface area contributed by atoms with E-state index in [4.69, 9.17) is 14.7 Å². The third kappa shape index (κ3) is 4.70. The average Bonchev–Trinajstić information content (AvgIpc) is 2.76. The molecule has 0 saturated carbocycles. The zero-order valence-corrected chi connectivity index (χ0v) is 15.8. The third-order valence-electron chi connectivity index (χ3n) is 4.67. The van der Waals surface area contributed by atoms with E-state index < -0.39 is 0 Å². The molecule has 1 aliphatic heterocycles. The number of nitrogens with zero attached hydrogens (tertiary/aromatic N) is 3. The number of aromatic nitrogens is 1. The number of nitriles is 1. The number of hydrogen-bond donors (Lipinski definition) is 1. The molecule has 2 aromatic rings. The molecule has 0 radical (unpaired) electrons.